The second-order valence-corrected chi connectivity index (χ2v) is 5.66. The highest BCUT2D eigenvalue weighted by Crippen LogP contribution is 2.24. The molecule has 0 spiro atoms. The Kier molecular flexibility index (Phi) is 9.60. The molecule has 23 heavy (non-hydrogen) atoms. The lowest BCUT2D eigenvalue weighted by Crippen LogP contribution is -2.18. The van der Waals surface area contributed by atoms with Gasteiger partial charge in [-0.15, -0.1) is 0 Å². The molecule has 128 valence electrons. The Balaban J connectivity index is 0.00000127. The van der Waals surface area contributed by atoms with Gasteiger partial charge in [-0.3, -0.25) is 4.98 Å². The van der Waals surface area contributed by atoms with E-state index in [2.05, 4.69) is 10.3 Å². The van der Waals surface area contributed by atoms with Crippen LogP contribution in [-0.4, -0.2) is 29.8 Å². The van der Waals surface area contributed by atoms with Crippen molar-refractivity contribution in [2.24, 2.45) is 11.7 Å². The van der Waals surface area contributed by atoms with E-state index in [9.17, 15) is 0 Å². The minimum atomic E-state index is 0.180. The van der Waals surface area contributed by atoms with Crippen LogP contribution in [0, 0.1) is 5.92 Å². The Hall–Kier alpha value is -1.36. The lowest BCUT2D eigenvalue weighted by atomic mass is 10.0. The first-order valence-electron chi connectivity index (χ1n) is 8.33. The molecule has 0 radical (unpaired) electrons. The predicted molar refractivity (Wildman–Crippen MR) is 100 cm³/mol. The maximum atomic E-state index is 9.09. The summed E-state index contributed by atoms with van der Waals surface area (Å²) in [6.45, 7) is 5.63. The molecule has 0 aliphatic carbocycles. The predicted octanol–water partition coefficient (Wildman–Crippen LogP) is 4.06. The number of benzene rings is 1. The van der Waals surface area contributed by atoms with Gasteiger partial charge in [0.25, 0.3) is 0 Å². The third-order valence-electron chi connectivity index (χ3n) is 3.65. The minimum absolute atomic E-state index is 0.180. The third kappa shape index (κ3) is 6.34. The first kappa shape index (κ1) is 19.7. The Morgan fingerprint density at radius 3 is 2.74 bits per heavy atom. The van der Waals surface area contributed by atoms with Crippen molar-refractivity contribution in [1.29, 1.82) is 0 Å². The first-order chi connectivity index (χ1) is 11.2. The molecule has 0 saturated heterocycles. The highest BCUT2D eigenvalue weighted by molar-refractivity contribution is 6.31. The van der Waals surface area contributed by atoms with Crippen LogP contribution in [0.2, 0.25) is 5.02 Å². The average Bonchev–Trinajstić information content (AvgIpc) is 2.59. The number of hydrogen-bond donors (Lipinski definition) is 3. The number of rotatable bonds is 8. The van der Waals surface area contributed by atoms with E-state index in [-0.39, 0.29) is 12.5 Å². The van der Waals surface area contributed by atoms with Gasteiger partial charge in [0.1, 0.15) is 0 Å². The topological polar surface area (TPSA) is 71.2 Å². The Bertz CT molecular complexity index is 573. The fraction of sp³-hybridized carbons (Fsp3) is 0.500. The normalized spacial score (nSPS) is 11.7. The molecule has 5 heteroatoms. The van der Waals surface area contributed by atoms with Crippen LogP contribution in [0.25, 0.3) is 10.9 Å². The van der Waals surface area contributed by atoms with E-state index >= 15 is 0 Å². The molecule has 2 aromatic rings. The van der Waals surface area contributed by atoms with Crippen LogP contribution in [0.5, 0.6) is 0 Å². The molecule has 1 atom stereocenters. The molecule has 0 fully saturated rings. The summed E-state index contributed by atoms with van der Waals surface area (Å²) in [5, 5.41) is 14.3. The molecule has 4 N–H and O–H groups in total. The number of aliphatic hydroxyl groups excluding tert-OH is 1. The molecule has 1 aromatic heterocycles. The SMILES string of the molecule is CC.NCC(CO)CCCCNc1ccnc2cc(Cl)ccc12. The summed E-state index contributed by atoms with van der Waals surface area (Å²) in [4.78, 5) is 4.33. The van der Waals surface area contributed by atoms with Crippen molar-refractivity contribution < 1.29 is 5.11 Å². The number of nitrogens with two attached hydrogens (primary N) is 1. The largest absolute Gasteiger partial charge is 0.396 e. The fourth-order valence-electron chi connectivity index (χ4n) is 2.34. The van der Waals surface area contributed by atoms with Gasteiger partial charge in [-0.25, -0.2) is 0 Å². The Labute approximate surface area is 144 Å². The number of nitrogens with one attached hydrogen (secondary N) is 1. The van der Waals surface area contributed by atoms with E-state index in [4.69, 9.17) is 22.4 Å². The monoisotopic (exact) mass is 337 g/mol. The van der Waals surface area contributed by atoms with Crippen molar-refractivity contribution in [3.63, 3.8) is 0 Å². The number of nitrogens with zero attached hydrogens (tertiary/aromatic N) is 1. The van der Waals surface area contributed by atoms with Crippen molar-refractivity contribution in [3.05, 3.63) is 35.5 Å². The lowest BCUT2D eigenvalue weighted by Gasteiger charge is -2.12. The van der Waals surface area contributed by atoms with Crippen LogP contribution in [0.1, 0.15) is 33.1 Å². The van der Waals surface area contributed by atoms with Crippen LogP contribution in [0.3, 0.4) is 0 Å². The van der Waals surface area contributed by atoms with E-state index in [1.165, 1.54) is 0 Å². The highest BCUT2D eigenvalue weighted by Gasteiger charge is 2.05. The Morgan fingerprint density at radius 2 is 2.04 bits per heavy atom. The van der Waals surface area contributed by atoms with Gasteiger partial charge in [-0.05, 0) is 49.6 Å². The van der Waals surface area contributed by atoms with Gasteiger partial charge in [0.05, 0.1) is 5.52 Å². The number of aliphatic hydroxyl groups is 1. The molecular formula is C18H28ClN3O. The lowest BCUT2D eigenvalue weighted by molar-refractivity contribution is 0.220. The van der Waals surface area contributed by atoms with Gasteiger partial charge in [-0.2, -0.15) is 0 Å². The molecule has 0 saturated carbocycles. The zero-order valence-electron chi connectivity index (χ0n) is 14.1. The summed E-state index contributed by atoms with van der Waals surface area (Å²) < 4.78 is 0. The van der Waals surface area contributed by atoms with Gasteiger partial charge in [0, 0.05) is 35.4 Å². The summed E-state index contributed by atoms with van der Waals surface area (Å²) in [6.07, 6.45) is 4.87. The Morgan fingerprint density at radius 1 is 1.26 bits per heavy atom. The first-order valence-corrected chi connectivity index (χ1v) is 8.71. The van der Waals surface area contributed by atoms with Crippen molar-refractivity contribution in [2.75, 3.05) is 25.0 Å². The summed E-state index contributed by atoms with van der Waals surface area (Å²) in [6, 6.07) is 7.72. The number of halogens is 1. The molecule has 2 rings (SSSR count). The quantitative estimate of drug-likeness (QED) is 0.635. The van der Waals surface area contributed by atoms with Crippen LogP contribution in [0.4, 0.5) is 5.69 Å². The van der Waals surface area contributed by atoms with Gasteiger partial charge >= 0.3 is 0 Å². The smallest absolute Gasteiger partial charge is 0.0737 e. The molecule has 1 heterocycles. The van der Waals surface area contributed by atoms with E-state index in [1.54, 1.807) is 6.20 Å². The summed E-state index contributed by atoms with van der Waals surface area (Å²) in [5.41, 5.74) is 7.55. The van der Waals surface area contributed by atoms with E-state index in [1.807, 2.05) is 38.1 Å². The number of hydrogen-bond acceptors (Lipinski definition) is 4. The van der Waals surface area contributed by atoms with Gasteiger partial charge in [0.15, 0.2) is 0 Å². The van der Waals surface area contributed by atoms with Crippen LogP contribution in [0.15, 0.2) is 30.5 Å². The second-order valence-electron chi connectivity index (χ2n) is 5.23. The van der Waals surface area contributed by atoms with Crippen molar-refractivity contribution in [2.45, 2.75) is 33.1 Å². The number of aromatic nitrogens is 1. The van der Waals surface area contributed by atoms with Crippen molar-refractivity contribution >= 4 is 28.2 Å². The molecule has 1 aromatic carbocycles. The van der Waals surface area contributed by atoms with Crippen LogP contribution >= 0.6 is 11.6 Å². The minimum Gasteiger partial charge on any atom is -0.396 e. The number of unbranched alkanes of at least 4 members (excludes halogenated alkanes) is 1. The number of anilines is 1. The fourth-order valence-corrected chi connectivity index (χ4v) is 2.51. The molecule has 1 unspecified atom stereocenters. The average molecular weight is 338 g/mol. The molecular weight excluding hydrogens is 310 g/mol. The number of pyridine rings is 1. The molecule has 4 nitrogen and oxygen atoms in total. The van der Waals surface area contributed by atoms with Crippen LogP contribution in [-0.2, 0) is 0 Å². The zero-order valence-corrected chi connectivity index (χ0v) is 14.8. The van der Waals surface area contributed by atoms with Crippen molar-refractivity contribution in [3.8, 4) is 0 Å². The third-order valence-corrected chi connectivity index (χ3v) is 3.89. The van der Waals surface area contributed by atoms with Crippen LogP contribution < -0.4 is 11.1 Å². The molecule has 0 amide bonds. The molecule has 0 aliphatic heterocycles. The summed E-state index contributed by atoms with van der Waals surface area (Å²) in [5.74, 6) is 0.230. The van der Waals surface area contributed by atoms with E-state index in [0.29, 0.717) is 11.6 Å². The summed E-state index contributed by atoms with van der Waals surface area (Å²) >= 11 is 5.98. The number of fused-ring (bicyclic) bond motifs is 1. The second kappa shape index (κ2) is 11.2. The highest BCUT2D eigenvalue weighted by atomic mass is 35.5. The van der Waals surface area contributed by atoms with Gasteiger partial charge in [-0.1, -0.05) is 31.9 Å². The van der Waals surface area contributed by atoms with E-state index in [0.717, 1.165) is 42.4 Å². The summed E-state index contributed by atoms with van der Waals surface area (Å²) in [7, 11) is 0. The molecule has 0 aliphatic rings. The maximum absolute atomic E-state index is 9.09. The van der Waals surface area contributed by atoms with Gasteiger partial charge in [0.2, 0.25) is 0 Å². The van der Waals surface area contributed by atoms with Crippen molar-refractivity contribution in [1.82, 2.24) is 4.98 Å². The zero-order chi connectivity index (χ0) is 17.1. The van der Waals surface area contributed by atoms with Gasteiger partial charge < -0.3 is 16.2 Å². The maximum Gasteiger partial charge on any atom is 0.0737 e. The standard InChI is InChI=1S/C16H22ClN3O.C2H6/c17-13-4-5-14-15(6-8-20-16(14)9-13)19-7-2-1-3-12(10-18)11-21;1-2/h4-6,8-9,12,21H,1-3,7,10-11,18H2,(H,19,20);1-2H3. The molecule has 0 bridgehead atoms. The van der Waals surface area contributed by atoms with E-state index < -0.39 is 0 Å².